The van der Waals surface area contributed by atoms with Crippen molar-refractivity contribution in [1.29, 1.82) is 0 Å². The average molecular weight is 365 g/mol. The summed E-state index contributed by atoms with van der Waals surface area (Å²) in [4.78, 5) is 36.2. The highest BCUT2D eigenvalue weighted by Crippen LogP contribution is 2.49. The van der Waals surface area contributed by atoms with Crippen LogP contribution in [0.3, 0.4) is 0 Å². The van der Waals surface area contributed by atoms with Crippen LogP contribution >= 0.6 is 0 Å². The van der Waals surface area contributed by atoms with Crippen LogP contribution in [0.1, 0.15) is 72.9 Å². The lowest BCUT2D eigenvalue weighted by molar-refractivity contribution is -0.0189. The Morgan fingerprint density at radius 2 is 1.96 bits per heavy atom. The van der Waals surface area contributed by atoms with Gasteiger partial charge in [-0.25, -0.2) is 0 Å². The zero-order valence-electron chi connectivity index (χ0n) is 15.2. The van der Waals surface area contributed by atoms with Crippen LogP contribution < -0.4 is 4.74 Å². The van der Waals surface area contributed by atoms with Gasteiger partial charge >= 0.3 is 0 Å². The molecule has 0 saturated heterocycles. The molecule has 1 aliphatic heterocycles. The standard InChI is InChI=1S/C18H23NO7/c1-8(2)5-10(21)13-15(19-25)12(9(3)20)16(23)14-11(22)6-18(4,24)7-26-17(13)14/h8,11,22-24H,5-7H2,1-4H3. The largest absolute Gasteiger partial charge is 0.507 e. The van der Waals surface area contributed by atoms with Crippen LogP contribution in [0.25, 0.3) is 0 Å². The molecule has 0 bridgehead atoms. The molecule has 142 valence electrons. The lowest BCUT2D eigenvalue weighted by Crippen LogP contribution is -2.32. The molecule has 3 N–H and O–H groups in total. The Balaban J connectivity index is 2.88. The number of aliphatic hydroxyl groups is 2. The number of hydrogen-bond acceptors (Lipinski definition) is 8. The molecule has 0 radical (unpaired) electrons. The lowest BCUT2D eigenvalue weighted by Gasteiger charge is -2.21. The molecule has 0 aliphatic carbocycles. The fourth-order valence-electron chi connectivity index (χ4n) is 3.14. The maximum Gasteiger partial charge on any atom is 0.169 e. The number of nitroso groups, excluding NO2 is 1. The molecule has 1 aromatic carbocycles. The molecule has 8 heteroatoms. The number of aromatic hydroxyl groups is 1. The summed E-state index contributed by atoms with van der Waals surface area (Å²) in [7, 11) is 0. The van der Waals surface area contributed by atoms with Crippen LogP contribution in [-0.2, 0) is 0 Å². The monoisotopic (exact) mass is 365 g/mol. The SMILES string of the molecule is CC(=O)c1c(O)c2c(c(C(=O)CC(C)C)c1N=O)OCC(C)(O)CC2O. The summed E-state index contributed by atoms with van der Waals surface area (Å²) in [5.41, 5.74) is -2.81. The minimum atomic E-state index is -1.44. The molecular formula is C18H23NO7. The number of carbonyl (C=O) groups is 2. The molecule has 1 aliphatic rings. The third kappa shape index (κ3) is 3.61. The van der Waals surface area contributed by atoms with Gasteiger partial charge in [0.2, 0.25) is 0 Å². The first-order valence-electron chi connectivity index (χ1n) is 8.33. The van der Waals surface area contributed by atoms with Crippen LogP contribution in [0, 0.1) is 10.8 Å². The van der Waals surface area contributed by atoms with Gasteiger partial charge in [0.15, 0.2) is 11.6 Å². The molecule has 8 nitrogen and oxygen atoms in total. The second-order valence-electron chi connectivity index (χ2n) is 7.36. The number of rotatable bonds is 5. The summed E-state index contributed by atoms with van der Waals surface area (Å²) < 4.78 is 5.53. The highest BCUT2D eigenvalue weighted by Gasteiger charge is 2.39. The van der Waals surface area contributed by atoms with Gasteiger partial charge in [-0.1, -0.05) is 13.8 Å². The predicted molar refractivity (Wildman–Crippen MR) is 93.0 cm³/mol. The van der Waals surface area contributed by atoms with Gasteiger partial charge in [0.05, 0.1) is 28.4 Å². The molecule has 0 fully saturated rings. The molecule has 0 aromatic heterocycles. The Hall–Kier alpha value is -2.32. The van der Waals surface area contributed by atoms with E-state index in [1.54, 1.807) is 13.8 Å². The summed E-state index contributed by atoms with van der Waals surface area (Å²) in [6, 6.07) is 0. The van der Waals surface area contributed by atoms with Crippen molar-refractivity contribution in [3.8, 4) is 11.5 Å². The summed E-state index contributed by atoms with van der Waals surface area (Å²) in [5, 5.41) is 34.1. The van der Waals surface area contributed by atoms with E-state index in [4.69, 9.17) is 4.74 Å². The summed E-state index contributed by atoms with van der Waals surface area (Å²) >= 11 is 0. The van der Waals surface area contributed by atoms with Gasteiger partial charge in [-0.05, 0) is 24.9 Å². The van der Waals surface area contributed by atoms with Crippen molar-refractivity contribution in [3.05, 3.63) is 21.6 Å². The van der Waals surface area contributed by atoms with Crippen LogP contribution in [-0.4, -0.2) is 39.1 Å². The van der Waals surface area contributed by atoms with Gasteiger partial charge in [-0.3, -0.25) is 9.59 Å². The van der Waals surface area contributed by atoms with E-state index in [2.05, 4.69) is 5.18 Å². The number of aliphatic hydroxyl groups excluding tert-OH is 1. The minimum Gasteiger partial charge on any atom is -0.507 e. The number of phenols is 1. The first-order valence-corrected chi connectivity index (χ1v) is 8.33. The summed E-state index contributed by atoms with van der Waals surface area (Å²) in [6.45, 7) is 5.89. The number of hydrogen-bond donors (Lipinski definition) is 3. The normalized spacial score (nSPS) is 22.3. The molecule has 2 unspecified atom stereocenters. The second kappa shape index (κ2) is 7.13. The Kier molecular flexibility index (Phi) is 5.48. The predicted octanol–water partition coefficient (Wildman–Crippen LogP) is 2.79. The Morgan fingerprint density at radius 1 is 1.35 bits per heavy atom. The van der Waals surface area contributed by atoms with Crippen LogP contribution in [0.4, 0.5) is 5.69 Å². The van der Waals surface area contributed by atoms with Gasteiger partial charge in [0.1, 0.15) is 23.8 Å². The highest BCUT2D eigenvalue weighted by atomic mass is 16.5. The van der Waals surface area contributed by atoms with Crippen molar-refractivity contribution in [3.63, 3.8) is 0 Å². The molecule has 0 saturated carbocycles. The summed E-state index contributed by atoms with van der Waals surface area (Å²) in [6.07, 6.45) is -1.53. The number of benzene rings is 1. The average Bonchev–Trinajstić information content (AvgIpc) is 2.61. The van der Waals surface area contributed by atoms with Crippen LogP contribution in [0.2, 0.25) is 0 Å². The maximum absolute atomic E-state index is 12.8. The Labute approximate surface area is 150 Å². The molecule has 2 atom stereocenters. The van der Waals surface area contributed by atoms with Crippen LogP contribution in [0.5, 0.6) is 11.5 Å². The number of phenolic OH excluding ortho intramolecular Hbond substituents is 1. The van der Waals surface area contributed by atoms with E-state index in [9.17, 15) is 29.8 Å². The van der Waals surface area contributed by atoms with Crippen molar-refractivity contribution in [1.82, 2.24) is 0 Å². The minimum absolute atomic E-state index is 0.0485. The molecule has 0 spiro atoms. The van der Waals surface area contributed by atoms with Gasteiger partial charge in [-0.2, -0.15) is 0 Å². The number of nitrogens with zero attached hydrogens (tertiary/aromatic N) is 1. The Bertz CT molecular complexity index is 768. The molecule has 2 rings (SSSR count). The molecule has 1 heterocycles. The first-order chi connectivity index (χ1) is 12.0. The molecule has 26 heavy (non-hydrogen) atoms. The van der Waals surface area contributed by atoms with Crippen molar-refractivity contribution >= 4 is 17.3 Å². The zero-order chi connectivity index (χ0) is 19.8. The molecule has 1 aromatic rings. The third-order valence-electron chi connectivity index (χ3n) is 4.25. The number of ether oxygens (including phenoxy) is 1. The lowest BCUT2D eigenvalue weighted by atomic mass is 9.88. The second-order valence-corrected chi connectivity index (χ2v) is 7.36. The number of fused-ring (bicyclic) bond motifs is 1. The van der Waals surface area contributed by atoms with E-state index in [0.717, 1.165) is 6.92 Å². The fraction of sp³-hybridized carbons (Fsp3) is 0.556. The quantitative estimate of drug-likeness (QED) is 0.539. The van der Waals surface area contributed by atoms with E-state index < -0.39 is 40.3 Å². The topological polar surface area (TPSA) is 133 Å². The first kappa shape index (κ1) is 20.0. The Morgan fingerprint density at radius 3 is 2.46 bits per heavy atom. The van der Waals surface area contributed by atoms with E-state index in [0.29, 0.717) is 0 Å². The van der Waals surface area contributed by atoms with E-state index in [1.165, 1.54) is 6.92 Å². The van der Waals surface area contributed by atoms with Crippen LogP contribution in [0.15, 0.2) is 5.18 Å². The van der Waals surface area contributed by atoms with Crippen molar-refractivity contribution in [2.24, 2.45) is 11.1 Å². The van der Waals surface area contributed by atoms with E-state index in [-0.39, 0.29) is 42.2 Å². The van der Waals surface area contributed by atoms with Gasteiger partial charge in [0.25, 0.3) is 0 Å². The van der Waals surface area contributed by atoms with Crippen molar-refractivity contribution in [2.45, 2.75) is 52.2 Å². The molecule has 0 amide bonds. The number of Topliss-reactive ketones (excluding diaryl/α,β-unsaturated/α-hetero) is 2. The fourth-order valence-corrected chi connectivity index (χ4v) is 3.14. The van der Waals surface area contributed by atoms with E-state index in [1.807, 2.05) is 0 Å². The van der Waals surface area contributed by atoms with E-state index >= 15 is 0 Å². The highest BCUT2D eigenvalue weighted by molar-refractivity contribution is 6.12. The van der Waals surface area contributed by atoms with Gasteiger partial charge < -0.3 is 20.1 Å². The zero-order valence-corrected chi connectivity index (χ0v) is 15.2. The van der Waals surface area contributed by atoms with Gasteiger partial charge in [-0.15, -0.1) is 4.91 Å². The summed E-state index contributed by atoms with van der Waals surface area (Å²) in [5.74, 6) is -2.10. The maximum atomic E-state index is 12.8. The van der Waals surface area contributed by atoms with Gasteiger partial charge in [0, 0.05) is 12.8 Å². The number of carbonyl (C=O) groups excluding carboxylic acids is 2. The number of ketones is 2. The van der Waals surface area contributed by atoms with Crippen molar-refractivity contribution in [2.75, 3.05) is 6.61 Å². The smallest absolute Gasteiger partial charge is 0.169 e. The molecular weight excluding hydrogens is 342 g/mol. The third-order valence-corrected chi connectivity index (χ3v) is 4.25. The van der Waals surface area contributed by atoms with Crippen molar-refractivity contribution < 1.29 is 29.6 Å².